The molecular weight excluding hydrogens is 569 g/mol. The smallest absolute Gasteiger partial charge is 0.0434 e. The lowest BCUT2D eigenvalue weighted by Gasteiger charge is -2.17. The second-order valence-electron chi connectivity index (χ2n) is 11.6. The Kier molecular flexibility index (Phi) is 5.13. The molecule has 0 saturated carbocycles. The minimum Gasteiger partial charge on any atom is -0.135 e. The zero-order valence-electron chi connectivity index (χ0n) is 23.7. The van der Waals surface area contributed by atoms with Gasteiger partial charge in [0.15, 0.2) is 0 Å². The Labute approximate surface area is 262 Å². The van der Waals surface area contributed by atoms with E-state index < -0.39 is 0 Å². The van der Waals surface area contributed by atoms with Gasteiger partial charge in [-0.25, -0.2) is 0 Å². The van der Waals surface area contributed by atoms with Gasteiger partial charge in [-0.1, -0.05) is 115 Å². The van der Waals surface area contributed by atoms with E-state index >= 15 is 0 Å². The molecular formula is C42H24S2. The summed E-state index contributed by atoms with van der Waals surface area (Å²) in [6, 6.07) is 54.0. The van der Waals surface area contributed by atoms with Gasteiger partial charge in [0, 0.05) is 45.7 Å². The minimum absolute atomic E-state index is 1.25. The van der Waals surface area contributed by atoms with Gasteiger partial charge in [0.05, 0.1) is 0 Å². The first kappa shape index (κ1) is 24.4. The lowest BCUT2D eigenvalue weighted by Crippen LogP contribution is -1.90. The Morgan fingerprint density at radius 1 is 0.295 bits per heavy atom. The van der Waals surface area contributed by atoms with Crippen LogP contribution in [0.1, 0.15) is 0 Å². The van der Waals surface area contributed by atoms with Crippen molar-refractivity contribution in [2.45, 2.75) is 0 Å². The fourth-order valence-corrected chi connectivity index (χ4v) is 9.63. The largest absolute Gasteiger partial charge is 0.135 e. The van der Waals surface area contributed by atoms with E-state index in [0.29, 0.717) is 0 Å². The van der Waals surface area contributed by atoms with Crippen molar-refractivity contribution in [3.63, 3.8) is 0 Å². The molecule has 2 aromatic heterocycles. The van der Waals surface area contributed by atoms with Crippen molar-refractivity contribution in [1.82, 2.24) is 0 Å². The molecule has 204 valence electrons. The van der Waals surface area contributed by atoms with Crippen LogP contribution >= 0.6 is 22.7 Å². The van der Waals surface area contributed by atoms with Crippen LogP contribution in [0.5, 0.6) is 0 Å². The number of thiophene rings is 2. The highest BCUT2D eigenvalue weighted by molar-refractivity contribution is 7.27. The Morgan fingerprint density at radius 3 is 1.61 bits per heavy atom. The topological polar surface area (TPSA) is 0 Å². The molecule has 10 rings (SSSR count). The van der Waals surface area contributed by atoms with Gasteiger partial charge in [-0.15, -0.1) is 22.7 Å². The molecule has 0 fully saturated rings. The zero-order chi connectivity index (χ0) is 28.8. The standard InChI is InChI=1S/C42H24S2/c1-2-10-25(11-3-1)40-29-13-4-6-15-31(29)41(32-16-7-5-14-30(32)40)27-19-21-38-35(23-27)36-22-26-18-20-33-28-12-8-9-17-37(28)44-42(33)34(26)24-39(36)43-38/h1-24H. The van der Waals surface area contributed by atoms with E-state index in [1.165, 1.54) is 94.9 Å². The van der Waals surface area contributed by atoms with Crippen LogP contribution in [-0.4, -0.2) is 0 Å². The Bertz CT molecular complexity index is 2700. The first-order chi connectivity index (χ1) is 21.8. The summed E-state index contributed by atoms with van der Waals surface area (Å²) >= 11 is 3.82. The van der Waals surface area contributed by atoms with E-state index in [1.54, 1.807) is 0 Å². The predicted octanol–water partition coefficient (Wildman–Crippen LogP) is 13.2. The number of hydrogen-bond acceptors (Lipinski definition) is 2. The summed E-state index contributed by atoms with van der Waals surface area (Å²) in [6.45, 7) is 0. The fraction of sp³-hybridized carbons (Fsp3) is 0. The van der Waals surface area contributed by atoms with E-state index in [9.17, 15) is 0 Å². The second-order valence-corrected chi connectivity index (χ2v) is 13.8. The molecule has 0 nitrogen and oxygen atoms in total. The Balaban J connectivity index is 1.25. The fourth-order valence-electron chi connectivity index (χ4n) is 7.29. The molecule has 0 radical (unpaired) electrons. The first-order valence-corrected chi connectivity index (χ1v) is 16.6. The Morgan fingerprint density at radius 2 is 0.886 bits per heavy atom. The van der Waals surface area contributed by atoms with Crippen molar-refractivity contribution in [1.29, 1.82) is 0 Å². The van der Waals surface area contributed by atoms with Crippen molar-refractivity contribution in [2.75, 3.05) is 0 Å². The van der Waals surface area contributed by atoms with Gasteiger partial charge in [0.2, 0.25) is 0 Å². The van der Waals surface area contributed by atoms with E-state index in [2.05, 4.69) is 146 Å². The maximum Gasteiger partial charge on any atom is 0.0434 e. The maximum atomic E-state index is 2.44. The average Bonchev–Trinajstić information content (AvgIpc) is 3.64. The zero-order valence-corrected chi connectivity index (χ0v) is 25.3. The van der Waals surface area contributed by atoms with Crippen LogP contribution < -0.4 is 0 Å². The number of benzene rings is 8. The quantitative estimate of drug-likeness (QED) is 0.175. The summed E-state index contributed by atoms with van der Waals surface area (Å²) in [5.41, 5.74) is 5.14. The summed E-state index contributed by atoms with van der Waals surface area (Å²) in [4.78, 5) is 0. The van der Waals surface area contributed by atoms with Gasteiger partial charge >= 0.3 is 0 Å². The van der Waals surface area contributed by atoms with Gasteiger partial charge in [-0.05, 0) is 79.5 Å². The third-order valence-electron chi connectivity index (χ3n) is 9.23. The van der Waals surface area contributed by atoms with Gasteiger partial charge < -0.3 is 0 Å². The van der Waals surface area contributed by atoms with E-state index in [-0.39, 0.29) is 0 Å². The number of fused-ring (bicyclic) bond motifs is 10. The van der Waals surface area contributed by atoms with Crippen molar-refractivity contribution >= 4 is 95.3 Å². The van der Waals surface area contributed by atoms with E-state index in [1.807, 2.05) is 22.7 Å². The van der Waals surface area contributed by atoms with Gasteiger partial charge in [-0.3, -0.25) is 0 Å². The minimum atomic E-state index is 1.25. The summed E-state index contributed by atoms with van der Waals surface area (Å²) in [7, 11) is 0. The SMILES string of the molecule is c1ccc(-c2c3ccccc3c(-c3ccc4sc5cc6c(ccc7c8ccccc8sc67)cc5c4c3)c3ccccc23)cc1. The van der Waals surface area contributed by atoms with Crippen molar-refractivity contribution in [3.8, 4) is 22.3 Å². The molecule has 44 heavy (non-hydrogen) atoms. The summed E-state index contributed by atoms with van der Waals surface area (Å²) in [5, 5.41) is 13.2. The second kappa shape index (κ2) is 9.24. The lowest BCUT2D eigenvalue weighted by molar-refractivity contribution is 1.66. The third-order valence-corrected chi connectivity index (χ3v) is 11.6. The molecule has 0 unspecified atom stereocenters. The molecule has 0 amide bonds. The van der Waals surface area contributed by atoms with Crippen LogP contribution in [0.2, 0.25) is 0 Å². The number of rotatable bonds is 2. The Hall–Kier alpha value is -5.02. The normalized spacial score (nSPS) is 12.1. The lowest BCUT2D eigenvalue weighted by atomic mass is 9.86. The molecule has 0 bridgehead atoms. The first-order valence-electron chi connectivity index (χ1n) is 15.0. The third kappa shape index (κ3) is 3.44. The molecule has 0 N–H and O–H groups in total. The van der Waals surface area contributed by atoms with Crippen LogP contribution in [0.4, 0.5) is 0 Å². The van der Waals surface area contributed by atoms with Gasteiger partial charge in [-0.2, -0.15) is 0 Å². The highest BCUT2D eigenvalue weighted by Crippen LogP contribution is 2.46. The molecule has 2 heterocycles. The molecule has 0 atom stereocenters. The highest BCUT2D eigenvalue weighted by Gasteiger charge is 2.18. The molecule has 0 aliphatic carbocycles. The number of hydrogen-bond donors (Lipinski definition) is 0. The van der Waals surface area contributed by atoms with Crippen molar-refractivity contribution in [2.24, 2.45) is 0 Å². The van der Waals surface area contributed by atoms with Crippen LogP contribution in [0, 0.1) is 0 Å². The van der Waals surface area contributed by atoms with Gasteiger partial charge in [0.25, 0.3) is 0 Å². The summed E-state index contributed by atoms with van der Waals surface area (Å²) in [6.07, 6.45) is 0. The molecule has 0 spiro atoms. The van der Waals surface area contributed by atoms with Crippen LogP contribution in [0.3, 0.4) is 0 Å². The van der Waals surface area contributed by atoms with Crippen LogP contribution in [0.15, 0.2) is 146 Å². The average molecular weight is 593 g/mol. The van der Waals surface area contributed by atoms with Crippen LogP contribution in [0.25, 0.3) is 94.9 Å². The van der Waals surface area contributed by atoms with Crippen molar-refractivity contribution in [3.05, 3.63) is 146 Å². The molecule has 0 aliphatic heterocycles. The van der Waals surface area contributed by atoms with Crippen LogP contribution in [-0.2, 0) is 0 Å². The highest BCUT2D eigenvalue weighted by atomic mass is 32.1. The monoisotopic (exact) mass is 592 g/mol. The van der Waals surface area contributed by atoms with E-state index in [4.69, 9.17) is 0 Å². The maximum absolute atomic E-state index is 2.44. The molecule has 10 aromatic rings. The summed E-state index contributed by atoms with van der Waals surface area (Å²) < 4.78 is 5.43. The molecule has 0 saturated heterocycles. The van der Waals surface area contributed by atoms with Gasteiger partial charge in [0.1, 0.15) is 0 Å². The predicted molar refractivity (Wildman–Crippen MR) is 196 cm³/mol. The molecule has 0 aliphatic rings. The molecule has 2 heteroatoms. The molecule has 8 aromatic carbocycles. The van der Waals surface area contributed by atoms with Crippen molar-refractivity contribution < 1.29 is 0 Å². The van der Waals surface area contributed by atoms with E-state index in [0.717, 1.165) is 0 Å². The summed E-state index contributed by atoms with van der Waals surface area (Å²) in [5.74, 6) is 0.